The summed E-state index contributed by atoms with van der Waals surface area (Å²) < 4.78 is 38.7. The standard InChI is InChI=1S/C20H24N2O4S/c23-27(24,19-4-2-1-3-5-19)22-10-13-26-20-7-6-17(14-18(20)16-22)15-21-8-11-25-12-9-21/h1-7,14H,8-13,15-16H2. The maximum Gasteiger partial charge on any atom is 0.243 e. The Morgan fingerprint density at radius 1 is 0.926 bits per heavy atom. The molecule has 0 amide bonds. The lowest BCUT2D eigenvalue weighted by Gasteiger charge is -2.27. The van der Waals surface area contributed by atoms with Gasteiger partial charge in [-0.1, -0.05) is 24.3 Å². The van der Waals surface area contributed by atoms with Crippen molar-refractivity contribution >= 4 is 10.0 Å². The molecule has 0 aliphatic carbocycles. The maximum atomic E-state index is 13.0. The van der Waals surface area contributed by atoms with Crippen molar-refractivity contribution in [1.29, 1.82) is 0 Å². The third-order valence-corrected chi connectivity index (χ3v) is 6.82. The van der Waals surface area contributed by atoms with E-state index in [2.05, 4.69) is 17.0 Å². The van der Waals surface area contributed by atoms with E-state index in [-0.39, 0.29) is 0 Å². The van der Waals surface area contributed by atoms with Crippen LogP contribution in [0.2, 0.25) is 0 Å². The quantitative estimate of drug-likeness (QED) is 0.803. The number of morpholine rings is 1. The van der Waals surface area contributed by atoms with Crippen molar-refractivity contribution in [2.75, 3.05) is 39.5 Å². The first-order chi connectivity index (χ1) is 13.1. The van der Waals surface area contributed by atoms with Crippen molar-refractivity contribution in [3.63, 3.8) is 0 Å². The number of rotatable bonds is 4. The molecule has 2 aliphatic rings. The van der Waals surface area contributed by atoms with Gasteiger partial charge in [-0.15, -0.1) is 0 Å². The first-order valence-corrected chi connectivity index (χ1v) is 10.7. The number of nitrogens with zero attached hydrogens (tertiary/aromatic N) is 2. The normalized spacial score (nSPS) is 19.1. The minimum absolute atomic E-state index is 0.318. The number of fused-ring (bicyclic) bond motifs is 1. The van der Waals surface area contributed by atoms with E-state index in [0.29, 0.717) is 24.6 Å². The van der Waals surface area contributed by atoms with Crippen molar-refractivity contribution in [3.8, 4) is 5.75 Å². The van der Waals surface area contributed by atoms with Gasteiger partial charge in [-0.3, -0.25) is 4.90 Å². The van der Waals surface area contributed by atoms with Gasteiger partial charge in [0.2, 0.25) is 10.0 Å². The molecule has 0 radical (unpaired) electrons. The number of hydrogen-bond acceptors (Lipinski definition) is 5. The second kappa shape index (κ2) is 7.98. The Kier molecular flexibility index (Phi) is 5.45. The van der Waals surface area contributed by atoms with Crippen molar-refractivity contribution in [2.45, 2.75) is 18.0 Å². The van der Waals surface area contributed by atoms with Crippen molar-refractivity contribution < 1.29 is 17.9 Å². The highest BCUT2D eigenvalue weighted by molar-refractivity contribution is 7.89. The van der Waals surface area contributed by atoms with E-state index in [1.165, 1.54) is 9.87 Å². The van der Waals surface area contributed by atoms with Crippen LogP contribution in [0.5, 0.6) is 5.75 Å². The summed E-state index contributed by atoms with van der Waals surface area (Å²) in [5.74, 6) is 0.770. The smallest absolute Gasteiger partial charge is 0.243 e. The Hall–Kier alpha value is -1.93. The predicted octanol–water partition coefficient (Wildman–Crippen LogP) is 2.10. The monoisotopic (exact) mass is 388 g/mol. The Balaban J connectivity index is 1.56. The molecule has 27 heavy (non-hydrogen) atoms. The zero-order valence-corrected chi connectivity index (χ0v) is 16.0. The van der Waals surface area contributed by atoms with Crippen LogP contribution in [0.4, 0.5) is 0 Å². The van der Waals surface area contributed by atoms with Crippen molar-refractivity contribution in [3.05, 3.63) is 59.7 Å². The van der Waals surface area contributed by atoms with Crippen LogP contribution in [0, 0.1) is 0 Å². The van der Waals surface area contributed by atoms with Gasteiger partial charge in [-0.05, 0) is 29.8 Å². The van der Waals surface area contributed by atoms with Gasteiger partial charge < -0.3 is 9.47 Å². The number of sulfonamides is 1. The van der Waals surface area contributed by atoms with Gasteiger partial charge in [0.25, 0.3) is 0 Å². The fourth-order valence-electron chi connectivity index (χ4n) is 3.49. The maximum absolute atomic E-state index is 13.0. The summed E-state index contributed by atoms with van der Waals surface area (Å²) in [7, 11) is -3.54. The summed E-state index contributed by atoms with van der Waals surface area (Å²) in [6.07, 6.45) is 0. The molecule has 0 spiro atoms. The van der Waals surface area contributed by atoms with E-state index in [9.17, 15) is 8.42 Å². The molecule has 0 saturated carbocycles. The lowest BCUT2D eigenvalue weighted by atomic mass is 10.1. The Bertz CT molecular complexity index is 880. The number of benzene rings is 2. The molecule has 6 nitrogen and oxygen atoms in total. The predicted molar refractivity (Wildman–Crippen MR) is 102 cm³/mol. The number of hydrogen-bond donors (Lipinski definition) is 0. The highest BCUT2D eigenvalue weighted by Crippen LogP contribution is 2.28. The Morgan fingerprint density at radius 3 is 2.48 bits per heavy atom. The minimum Gasteiger partial charge on any atom is -0.492 e. The van der Waals surface area contributed by atoms with Gasteiger partial charge in [0.05, 0.1) is 18.1 Å². The summed E-state index contributed by atoms with van der Waals surface area (Å²) in [5.41, 5.74) is 2.08. The Morgan fingerprint density at radius 2 is 1.70 bits per heavy atom. The van der Waals surface area contributed by atoms with Crippen LogP contribution < -0.4 is 4.74 Å². The van der Waals surface area contributed by atoms with Gasteiger partial charge in [-0.2, -0.15) is 4.31 Å². The van der Waals surface area contributed by atoms with Crippen LogP contribution in [-0.2, 0) is 27.8 Å². The topological polar surface area (TPSA) is 59.1 Å². The molecule has 2 aliphatic heterocycles. The first-order valence-electron chi connectivity index (χ1n) is 9.23. The highest BCUT2D eigenvalue weighted by Gasteiger charge is 2.27. The van der Waals surface area contributed by atoms with E-state index in [1.807, 2.05) is 12.1 Å². The largest absolute Gasteiger partial charge is 0.492 e. The lowest BCUT2D eigenvalue weighted by Crippen LogP contribution is -2.35. The van der Waals surface area contributed by atoms with Gasteiger partial charge >= 0.3 is 0 Å². The molecule has 144 valence electrons. The molecule has 0 unspecified atom stereocenters. The average Bonchev–Trinajstić information content (AvgIpc) is 2.92. The zero-order valence-electron chi connectivity index (χ0n) is 15.2. The molecule has 0 atom stereocenters. The highest BCUT2D eigenvalue weighted by atomic mass is 32.2. The van der Waals surface area contributed by atoms with Gasteiger partial charge in [-0.25, -0.2) is 8.42 Å². The van der Waals surface area contributed by atoms with Gasteiger partial charge in [0.1, 0.15) is 12.4 Å². The summed E-state index contributed by atoms with van der Waals surface area (Å²) in [6.45, 7) is 5.21. The van der Waals surface area contributed by atoms with Gasteiger partial charge in [0, 0.05) is 38.3 Å². The lowest BCUT2D eigenvalue weighted by molar-refractivity contribution is 0.0342. The molecule has 0 N–H and O–H groups in total. The Labute approximate surface area is 160 Å². The molecule has 0 bridgehead atoms. The van der Waals surface area contributed by atoms with Crippen LogP contribution >= 0.6 is 0 Å². The van der Waals surface area contributed by atoms with E-state index < -0.39 is 10.0 Å². The molecular weight excluding hydrogens is 364 g/mol. The van der Waals surface area contributed by atoms with Crippen LogP contribution in [0.3, 0.4) is 0 Å². The third kappa shape index (κ3) is 4.16. The fourth-order valence-corrected chi connectivity index (χ4v) is 4.91. The van der Waals surface area contributed by atoms with E-state index in [0.717, 1.165) is 44.2 Å². The molecule has 7 heteroatoms. The average molecular weight is 388 g/mol. The molecule has 1 fully saturated rings. The minimum atomic E-state index is -3.54. The summed E-state index contributed by atoms with van der Waals surface area (Å²) in [6, 6.07) is 14.7. The first kappa shape index (κ1) is 18.4. The SMILES string of the molecule is O=S(=O)(c1ccccc1)N1CCOc2ccc(CN3CCOCC3)cc2C1. The van der Waals surface area contributed by atoms with Crippen LogP contribution in [0.1, 0.15) is 11.1 Å². The third-order valence-electron chi connectivity index (χ3n) is 4.96. The van der Waals surface area contributed by atoms with Gasteiger partial charge in [0.15, 0.2) is 0 Å². The molecule has 0 aromatic heterocycles. The molecule has 4 rings (SSSR count). The zero-order chi connectivity index (χ0) is 18.7. The molecule has 2 heterocycles. The summed E-state index contributed by atoms with van der Waals surface area (Å²) in [5, 5.41) is 0. The second-order valence-electron chi connectivity index (χ2n) is 6.83. The molecular formula is C20H24N2O4S. The molecule has 1 saturated heterocycles. The molecule has 2 aromatic rings. The van der Waals surface area contributed by atoms with Crippen molar-refractivity contribution in [2.24, 2.45) is 0 Å². The van der Waals surface area contributed by atoms with Crippen molar-refractivity contribution in [1.82, 2.24) is 9.21 Å². The van der Waals surface area contributed by atoms with E-state index in [1.54, 1.807) is 24.3 Å². The van der Waals surface area contributed by atoms with E-state index >= 15 is 0 Å². The van der Waals surface area contributed by atoms with E-state index in [4.69, 9.17) is 9.47 Å². The van der Waals surface area contributed by atoms with Crippen LogP contribution in [-0.4, -0.2) is 57.1 Å². The molecule has 2 aromatic carbocycles. The van der Waals surface area contributed by atoms with Crippen LogP contribution in [0.25, 0.3) is 0 Å². The summed E-state index contributed by atoms with van der Waals surface area (Å²) >= 11 is 0. The second-order valence-corrected chi connectivity index (χ2v) is 8.77. The summed E-state index contributed by atoms with van der Waals surface area (Å²) in [4.78, 5) is 2.67. The fraction of sp³-hybridized carbons (Fsp3) is 0.400. The van der Waals surface area contributed by atoms with Crippen LogP contribution in [0.15, 0.2) is 53.4 Å². The number of ether oxygens (including phenoxy) is 2.